The molecule has 1 aromatic carbocycles. The maximum absolute atomic E-state index is 13.7. The van der Waals surface area contributed by atoms with E-state index < -0.39 is 18.5 Å². The summed E-state index contributed by atoms with van der Waals surface area (Å²) in [5, 5.41) is 3.22. The van der Waals surface area contributed by atoms with Gasteiger partial charge in [0.25, 0.3) is 0 Å². The lowest BCUT2D eigenvalue weighted by atomic mass is 10.1. The Balaban J connectivity index is 2.64. The van der Waals surface area contributed by atoms with E-state index >= 15 is 0 Å². The highest BCUT2D eigenvalue weighted by Gasteiger charge is 2.29. The Kier molecular flexibility index (Phi) is 6.61. The molecule has 2 nitrogen and oxygen atoms in total. The van der Waals surface area contributed by atoms with E-state index in [0.717, 1.165) is 17.0 Å². The molecule has 0 aliphatic rings. The molecule has 0 aliphatic carbocycles. The monoisotopic (exact) mass is 306 g/mol. The van der Waals surface area contributed by atoms with Crippen LogP contribution in [0.15, 0.2) is 18.2 Å². The van der Waals surface area contributed by atoms with Gasteiger partial charge in [-0.1, -0.05) is 26.0 Å². The molecule has 6 heteroatoms. The molecule has 0 aromatic heterocycles. The zero-order valence-electron chi connectivity index (χ0n) is 12.6. The van der Waals surface area contributed by atoms with Crippen molar-refractivity contribution in [3.63, 3.8) is 0 Å². The first-order valence-corrected chi connectivity index (χ1v) is 6.90. The molecule has 0 saturated carbocycles. The Hall–Kier alpha value is -1.14. The molecule has 0 fully saturated rings. The SMILES string of the molecule is CC(C)CNCc1ccc(F)c(CN(C)CC(F)(F)F)c1. The van der Waals surface area contributed by atoms with Gasteiger partial charge in [-0.15, -0.1) is 0 Å². The topological polar surface area (TPSA) is 15.3 Å². The Morgan fingerprint density at radius 1 is 1.24 bits per heavy atom. The van der Waals surface area contributed by atoms with E-state index in [0.29, 0.717) is 12.5 Å². The summed E-state index contributed by atoms with van der Waals surface area (Å²) >= 11 is 0. The van der Waals surface area contributed by atoms with Crippen LogP contribution in [0.1, 0.15) is 25.0 Å². The van der Waals surface area contributed by atoms with E-state index in [4.69, 9.17) is 0 Å². The molecular weight excluding hydrogens is 284 g/mol. The standard InChI is InChI=1S/C15H22F4N2/c1-11(2)7-20-8-12-4-5-14(16)13(6-12)9-21(3)10-15(17,18)19/h4-6,11,20H,7-10H2,1-3H3. The van der Waals surface area contributed by atoms with Crippen molar-refractivity contribution in [2.45, 2.75) is 33.1 Å². The van der Waals surface area contributed by atoms with Crippen LogP contribution in [0.25, 0.3) is 0 Å². The van der Waals surface area contributed by atoms with Crippen LogP contribution >= 0.6 is 0 Å². The number of alkyl halides is 3. The number of nitrogens with one attached hydrogen (secondary N) is 1. The summed E-state index contributed by atoms with van der Waals surface area (Å²) in [6.07, 6.45) is -4.28. The van der Waals surface area contributed by atoms with E-state index in [1.54, 1.807) is 12.1 Å². The van der Waals surface area contributed by atoms with Gasteiger partial charge in [0.15, 0.2) is 0 Å². The van der Waals surface area contributed by atoms with Gasteiger partial charge in [-0.3, -0.25) is 4.90 Å². The van der Waals surface area contributed by atoms with Crippen molar-refractivity contribution in [3.05, 3.63) is 35.1 Å². The first-order valence-electron chi connectivity index (χ1n) is 6.90. The van der Waals surface area contributed by atoms with Gasteiger partial charge < -0.3 is 5.32 Å². The predicted octanol–water partition coefficient (Wildman–Crippen LogP) is 3.57. The molecule has 0 atom stereocenters. The van der Waals surface area contributed by atoms with Crippen LogP contribution in [0.5, 0.6) is 0 Å². The Morgan fingerprint density at radius 3 is 2.48 bits per heavy atom. The lowest BCUT2D eigenvalue weighted by molar-refractivity contribution is -0.144. The third-order valence-electron chi connectivity index (χ3n) is 2.88. The highest BCUT2D eigenvalue weighted by Crippen LogP contribution is 2.18. The van der Waals surface area contributed by atoms with Crippen molar-refractivity contribution in [2.24, 2.45) is 5.92 Å². The summed E-state index contributed by atoms with van der Waals surface area (Å²) in [6.45, 7) is 4.45. The molecule has 0 saturated heterocycles. The van der Waals surface area contributed by atoms with Gasteiger partial charge in [0, 0.05) is 18.7 Å². The first kappa shape index (κ1) is 17.9. The molecule has 1 aromatic rings. The number of hydrogen-bond donors (Lipinski definition) is 1. The third kappa shape index (κ3) is 7.43. The molecule has 1 rings (SSSR count). The van der Waals surface area contributed by atoms with Crippen molar-refractivity contribution >= 4 is 0 Å². The fourth-order valence-corrected chi connectivity index (χ4v) is 2.02. The number of halogens is 4. The van der Waals surface area contributed by atoms with Crippen LogP contribution in [-0.4, -0.2) is 31.2 Å². The van der Waals surface area contributed by atoms with Gasteiger partial charge in [-0.25, -0.2) is 4.39 Å². The highest BCUT2D eigenvalue weighted by atomic mass is 19.4. The molecule has 0 amide bonds. The minimum atomic E-state index is -4.28. The largest absolute Gasteiger partial charge is 0.401 e. The summed E-state index contributed by atoms with van der Waals surface area (Å²) in [6, 6.07) is 4.58. The first-order chi connectivity index (χ1) is 9.67. The van der Waals surface area contributed by atoms with Crippen molar-refractivity contribution in [3.8, 4) is 0 Å². The van der Waals surface area contributed by atoms with Crippen molar-refractivity contribution in [1.29, 1.82) is 0 Å². The minimum absolute atomic E-state index is 0.0661. The van der Waals surface area contributed by atoms with Gasteiger partial charge in [-0.2, -0.15) is 13.2 Å². The quantitative estimate of drug-likeness (QED) is 0.775. The summed E-state index contributed by atoms with van der Waals surface area (Å²) in [7, 11) is 1.33. The van der Waals surface area contributed by atoms with Crippen LogP contribution in [0.3, 0.4) is 0 Å². The van der Waals surface area contributed by atoms with Gasteiger partial charge in [0.2, 0.25) is 0 Å². The second kappa shape index (κ2) is 7.75. The summed E-state index contributed by atoms with van der Waals surface area (Å²) in [5.41, 5.74) is 1.15. The van der Waals surface area contributed by atoms with Crippen LogP contribution in [0.2, 0.25) is 0 Å². The molecule has 0 radical (unpaired) electrons. The van der Waals surface area contributed by atoms with Crippen molar-refractivity contribution < 1.29 is 17.6 Å². The second-order valence-corrected chi connectivity index (χ2v) is 5.74. The lowest BCUT2D eigenvalue weighted by Crippen LogP contribution is -2.30. The molecule has 120 valence electrons. The molecule has 21 heavy (non-hydrogen) atoms. The minimum Gasteiger partial charge on any atom is -0.312 e. The lowest BCUT2D eigenvalue weighted by Gasteiger charge is -2.19. The van der Waals surface area contributed by atoms with Crippen LogP contribution in [0.4, 0.5) is 17.6 Å². The average Bonchev–Trinajstić information content (AvgIpc) is 2.30. The fourth-order valence-electron chi connectivity index (χ4n) is 2.02. The normalized spacial score (nSPS) is 12.4. The molecule has 0 spiro atoms. The molecule has 0 unspecified atom stereocenters. The molecule has 0 bridgehead atoms. The zero-order valence-corrected chi connectivity index (χ0v) is 12.6. The Morgan fingerprint density at radius 2 is 1.90 bits per heavy atom. The highest BCUT2D eigenvalue weighted by molar-refractivity contribution is 5.25. The predicted molar refractivity (Wildman–Crippen MR) is 75.3 cm³/mol. The number of nitrogens with zero attached hydrogens (tertiary/aromatic N) is 1. The van der Waals surface area contributed by atoms with Gasteiger partial charge in [-0.05, 0) is 31.1 Å². The van der Waals surface area contributed by atoms with Crippen molar-refractivity contribution in [2.75, 3.05) is 20.1 Å². The summed E-state index contributed by atoms with van der Waals surface area (Å²) in [5.74, 6) is 0.0273. The maximum atomic E-state index is 13.7. The molecule has 0 heterocycles. The number of benzene rings is 1. The summed E-state index contributed by atoms with van der Waals surface area (Å²) < 4.78 is 50.5. The van der Waals surface area contributed by atoms with Crippen LogP contribution in [0, 0.1) is 11.7 Å². The fraction of sp³-hybridized carbons (Fsp3) is 0.600. The van der Waals surface area contributed by atoms with E-state index in [9.17, 15) is 17.6 Å². The van der Waals surface area contributed by atoms with E-state index in [-0.39, 0.29) is 12.1 Å². The van der Waals surface area contributed by atoms with Crippen LogP contribution < -0.4 is 5.32 Å². The van der Waals surface area contributed by atoms with Gasteiger partial charge >= 0.3 is 6.18 Å². The van der Waals surface area contributed by atoms with E-state index in [2.05, 4.69) is 19.2 Å². The van der Waals surface area contributed by atoms with E-state index in [1.807, 2.05) is 0 Å². The molecule has 0 aliphatic heterocycles. The summed E-state index contributed by atoms with van der Waals surface area (Å²) in [4.78, 5) is 1.06. The van der Waals surface area contributed by atoms with Crippen molar-refractivity contribution in [1.82, 2.24) is 10.2 Å². The van der Waals surface area contributed by atoms with Crippen LogP contribution in [-0.2, 0) is 13.1 Å². The Bertz CT molecular complexity index is 444. The molecule has 1 N–H and O–H groups in total. The average molecular weight is 306 g/mol. The molecular formula is C15H22F4N2. The zero-order chi connectivity index (χ0) is 16.0. The van der Waals surface area contributed by atoms with Gasteiger partial charge in [0.05, 0.1) is 6.54 Å². The Labute approximate surface area is 123 Å². The third-order valence-corrected chi connectivity index (χ3v) is 2.88. The number of rotatable bonds is 7. The second-order valence-electron chi connectivity index (χ2n) is 5.74. The van der Waals surface area contributed by atoms with Gasteiger partial charge in [0.1, 0.15) is 5.82 Å². The number of hydrogen-bond acceptors (Lipinski definition) is 2. The maximum Gasteiger partial charge on any atom is 0.401 e. The smallest absolute Gasteiger partial charge is 0.312 e. The van der Waals surface area contributed by atoms with E-state index in [1.165, 1.54) is 13.1 Å².